The number of rotatable bonds is 5. The molecule has 1 unspecified atom stereocenters. The zero-order valence-electron chi connectivity index (χ0n) is 12.1. The molecule has 1 aromatic rings. The first-order valence-corrected chi connectivity index (χ1v) is 6.60. The Morgan fingerprint density at radius 2 is 2.00 bits per heavy atom. The van der Waals surface area contributed by atoms with E-state index in [4.69, 9.17) is 5.73 Å². The SMILES string of the molecule is CCNC(=O)NC(=O)C(C)N(C)c1ccccc1CN. The van der Waals surface area contributed by atoms with Gasteiger partial charge in [0.2, 0.25) is 5.91 Å². The van der Waals surface area contributed by atoms with Gasteiger partial charge < -0.3 is 16.0 Å². The molecule has 0 aliphatic heterocycles. The van der Waals surface area contributed by atoms with Gasteiger partial charge in [-0.25, -0.2) is 4.79 Å². The van der Waals surface area contributed by atoms with Crippen molar-refractivity contribution in [1.29, 1.82) is 0 Å². The summed E-state index contributed by atoms with van der Waals surface area (Å²) in [4.78, 5) is 25.2. The number of nitrogens with one attached hydrogen (secondary N) is 2. The summed E-state index contributed by atoms with van der Waals surface area (Å²) in [6.45, 7) is 4.39. The molecule has 110 valence electrons. The number of likely N-dealkylation sites (N-methyl/N-ethyl adjacent to an activating group) is 1. The Hall–Kier alpha value is -2.08. The monoisotopic (exact) mass is 278 g/mol. The summed E-state index contributed by atoms with van der Waals surface area (Å²) in [6.07, 6.45) is 0. The number of amides is 3. The van der Waals surface area contributed by atoms with Gasteiger partial charge in [-0.3, -0.25) is 10.1 Å². The highest BCUT2D eigenvalue weighted by molar-refractivity contribution is 5.98. The predicted molar refractivity (Wildman–Crippen MR) is 79.4 cm³/mol. The van der Waals surface area contributed by atoms with Crippen molar-refractivity contribution in [3.8, 4) is 0 Å². The van der Waals surface area contributed by atoms with Crippen molar-refractivity contribution in [3.05, 3.63) is 29.8 Å². The molecule has 0 aliphatic rings. The van der Waals surface area contributed by atoms with E-state index >= 15 is 0 Å². The molecule has 1 atom stereocenters. The second kappa shape index (κ2) is 7.49. The maximum atomic E-state index is 12.0. The molecular formula is C14H22N4O2. The van der Waals surface area contributed by atoms with Crippen LogP contribution in [0.5, 0.6) is 0 Å². The Labute approximate surface area is 119 Å². The van der Waals surface area contributed by atoms with E-state index in [1.165, 1.54) is 0 Å². The smallest absolute Gasteiger partial charge is 0.321 e. The Morgan fingerprint density at radius 3 is 2.60 bits per heavy atom. The summed E-state index contributed by atoms with van der Waals surface area (Å²) in [5, 5.41) is 4.83. The van der Waals surface area contributed by atoms with Gasteiger partial charge in [0.25, 0.3) is 0 Å². The van der Waals surface area contributed by atoms with E-state index < -0.39 is 12.1 Å². The Kier molecular flexibility index (Phi) is 5.99. The Morgan fingerprint density at radius 1 is 1.35 bits per heavy atom. The maximum absolute atomic E-state index is 12.0. The number of nitrogens with two attached hydrogens (primary N) is 1. The fourth-order valence-corrected chi connectivity index (χ4v) is 1.83. The normalized spacial score (nSPS) is 11.6. The Balaban J connectivity index is 2.78. The van der Waals surface area contributed by atoms with Gasteiger partial charge in [0.05, 0.1) is 0 Å². The van der Waals surface area contributed by atoms with Gasteiger partial charge in [-0.2, -0.15) is 0 Å². The summed E-state index contributed by atoms with van der Waals surface area (Å²) in [7, 11) is 1.80. The van der Waals surface area contributed by atoms with E-state index in [1.807, 2.05) is 24.3 Å². The molecule has 0 bridgehead atoms. The van der Waals surface area contributed by atoms with Crippen LogP contribution in [-0.2, 0) is 11.3 Å². The van der Waals surface area contributed by atoms with Crippen molar-refractivity contribution >= 4 is 17.6 Å². The second-order valence-corrected chi connectivity index (χ2v) is 4.47. The van der Waals surface area contributed by atoms with Gasteiger partial charge in [-0.15, -0.1) is 0 Å². The van der Waals surface area contributed by atoms with Crippen molar-refractivity contribution in [2.24, 2.45) is 5.73 Å². The number of nitrogens with zero attached hydrogens (tertiary/aromatic N) is 1. The number of hydrogen-bond donors (Lipinski definition) is 3. The third-order valence-corrected chi connectivity index (χ3v) is 3.13. The molecule has 4 N–H and O–H groups in total. The molecule has 0 radical (unpaired) electrons. The lowest BCUT2D eigenvalue weighted by Crippen LogP contribution is -2.48. The van der Waals surface area contributed by atoms with Crippen LogP contribution in [-0.4, -0.2) is 31.6 Å². The van der Waals surface area contributed by atoms with Crippen molar-refractivity contribution in [2.45, 2.75) is 26.4 Å². The molecule has 0 aromatic heterocycles. The zero-order valence-corrected chi connectivity index (χ0v) is 12.1. The summed E-state index contributed by atoms with van der Waals surface area (Å²) in [6, 6.07) is 6.65. The fourth-order valence-electron chi connectivity index (χ4n) is 1.83. The fraction of sp³-hybridized carbons (Fsp3) is 0.429. The standard InChI is InChI=1S/C14H22N4O2/c1-4-16-14(20)17-13(19)10(2)18(3)12-8-6-5-7-11(12)9-15/h5-8,10H,4,9,15H2,1-3H3,(H2,16,17,19,20). The van der Waals surface area contributed by atoms with Crippen LogP contribution < -0.4 is 21.3 Å². The molecule has 20 heavy (non-hydrogen) atoms. The molecule has 1 aromatic carbocycles. The van der Waals surface area contributed by atoms with Crippen LogP contribution in [0.15, 0.2) is 24.3 Å². The third-order valence-electron chi connectivity index (χ3n) is 3.13. The molecule has 6 heteroatoms. The molecule has 3 amide bonds. The number of carbonyl (C=O) groups excluding carboxylic acids is 2. The largest absolute Gasteiger partial charge is 0.363 e. The minimum absolute atomic E-state index is 0.356. The van der Waals surface area contributed by atoms with Crippen LogP contribution >= 0.6 is 0 Å². The van der Waals surface area contributed by atoms with Crippen LogP contribution in [0.2, 0.25) is 0 Å². The van der Waals surface area contributed by atoms with E-state index in [-0.39, 0.29) is 5.91 Å². The van der Waals surface area contributed by atoms with Gasteiger partial charge in [0.1, 0.15) is 6.04 Å². The maximum Gasteiger partial charge on any atom is 0.321 e. The van der Waals surface area contributed by atoms with Crippen molar-refractivity contribution in [2.75, 3.05) is 18.5 Å². The number of anilines is 1. The van der Waals surface area contributed by atoms with Gasteiger partial charge >= 0.3 is 6.03 Å². The number of urea groups is 1. The van der Waals surface area contributed by atoms with E-state index in [2.05, 4.69) is 10.6 Å². The molecule has 6 nitrogen and oxygen atoms in total. The second-order valence-electron chi connectivity index (χ2n) is 4.47. The molecule has 0 heterocycles. The number of benzene rings is 1. The number of carbonyl (C=O) groups is 2. The topological polar surface area (TPSA) is 87.5 Å². The minimum Gasteiger partial charge on any atom is -0.363 e. The van der Waals surface area contributed by atoms with Gasteiger partial charge in [-0.1, -0.05) is 18.2 Å². The number of para-hydroxylation sites is 1. The molecule has 0 saturated carbocycles. The van der Waals surface area contributed by atoms with Crippen LogP contribution in [0.1, 0.15) is 19.4 Å². The number of hydrogen-bond acceptors (Lipinski definition) is 4. The summed E-state index contributed by atoms with van der Waals surface area (Å²) in [5.74, 6) is -0.356. The van der Waals surface area contributed by atoms with Crippen LogP contribution in [0.3, 0.4) is 0 Å². The van der Waals surface area contributed by atoms with E-state index in [0.717, 1.165) is 11.3 Å². The average Bonchev–Trinajstić information content (AvgIpc) is 2.45. The quantitative estimate of drug-likeness (QED) is 0.744. The van der Waals surface area contributed by atoms with Gasteiger partial charge in [0.15, 0.2) is 0 Å². The van der Waals surface area contributed by atoms with Crippen molar-refractivity contribution in [3.63, 3.8) is 0 Å². The number of imide groups is 1. The zero-order chi connectivity index (χ0) is 15.1. The molecule has 0 saturated heterocycles. The van der Waals surface area contributed by atoms with Crippen molar-refractivity contribution in [1.82, 2.24) is 10.6 Å². The summed E-state index contributed by atoms with van der Waals surface area (Å²) in [5.41, 5.74) is 7.53. The summed E-state index contributed by atoms with van der Waals surface area (Å²) >= 11 is 0. The van der Waals surface area contributed by atoms with Crippen molar-refractivity contribution < 1.29 is 9.59 Å². The van der Waals surface area contributed by atoms with Crippen LogP contribution in [0.25, 0.3) is 0 Å². The van der Waals surface area contributed by atoms with Crippen LogP contribution in [0, 0.1) is 0 Å². The lowest BCUT2D eigenvalue weighted by Gasteiger charge is -2.27. The van der Waals surface area contributed by atoms with Crippen LogP contribution in [0.4, 0.5) is 10.5 Å². The first-order valence-electron chi connectivity index (χ1n) is 6.60. The molecule has 0 fully saturated rings. The predicted octanol–water partition coefficient (Wildman–Crippen LogP) is 0.816. The minimum atomic E-state index is -0.482. The summed E-state index contributed by atoms with van der Waals surface area (Å²) < 4.78 is 0. The lowest BCUT2D eigenvalue weighted by atomic mass is 10.1. The Bertz CT molecular complexity index is 476. The first kappa shape index (κ1) is 16.0. The molecular weight excluding hydrogens is 256 g/mol. The van der Waals surface area contributed by atoms with E-state index in [9.17, 15) is 9.59 Å². The van der Waals surface area contributed by atoms with E-state index in [1.54, 1.807) is 25.8 Å². The lowest BCUT2D eigenvalue weighted by molar-refractivity contribution is -0.120. The average molecular weight is 278 g/mol. The van der Waals surface area contributed by atoms with Gasteiger partial charge in [-0.05, 0) is 25.5 Å². The third kappa shape index (κ3) is 3.96. The highest BCUT2D eigenvalue weighted by Crippen LogP contribution is 2.20. The first-order chi connectivity index (χ1) is 9.51. The molecule has 1 rings (SSSR count). The molecule has 0 aliphatic carbocycles. The van der Waals surface area contributed by atoms with E-state index in [0.29, 0.717) is 13.1 Å². The highest BCUT2D eigenvalue weighted by atomic mass is 16.2. The van der Waals surface area contributed by atoms with Gasteiger partial charge in [0, 0.05) is 25.8 Å². The highest BCUT2D eigenvalue weighted by Gasteiger charge is 2.21. The molecule has 0 spiro atoms.